The Morgan fingerprint density at radius 2 is 0.879 bits per heavy atom. The van der Waals surface area contributed by atoms with E-state index in [9.17, 15) is 54.9 Å². The lowest BCUT2D eigenvalue weighted by Crippen LogP contribution is -2.23. The van der Waals surface area contributed by atoms with Gasteiger partial charge in [0.1, 0.15) is 11.5 Å². The number of benzene rings is 2. The molecule has 0 aromatic heterocycles. The average molecular weight is 811 g/mol. The molecule has 12 nitrogen and oxygen atoms in total. The van der Waals surface area contributed by atoms with Gasteiger partial charge in [0.2, 0.25) is 5.75 Å². The molecule has 2 fully saturated rings. The predicted molar refractivity (Wildman–Crippen MR) is 219 cm³/mol. The number of hydrogen-bond acceptors (Lipinski definition) is 8. The van der Waals surface area contributed by atoms with Crippen molar-refractivity contribution in [2.45, 2.75) is 169 Å². The molecule has 0 aliphatic heterocycles. The summed E-state index contributed by atoms with van der Waals surface area (Å²) in [4.78, 5) is 46.8. The van der Waals surface area contributed by atoms with Crippen molar-refractivity contribution < 1.29 is 59.7 Å². The van der Waals surface area contributed by atoms with Gasteiger partial charge in [0.15, 0.2) is 11.5 Å². The number of phenolic OH excluding ortho intramolecular Hbond substituents is 3. The molecule has 0 heterocycles. The highest BCUT2D eigenvalue weighted by atomic mass is 16.5. The fourth-order valence-electron chi connectivity index (χ4n) is 7.90. The van der Waals surface area contributed by atoms with Crippen molar-refractivity contribution >= 4 is 23.9 Å². The van der Waals surface area contributed by atoms with E-state index in [2.05, 4.69) is 0 Å². The van der Waals surface area contributed by atoms with Gasteiger partial charge in [-0.25, -0.2) is 0 Å². The summed E-state index contributed by atoms with van der Waals surface area (Å²) in [6.45, 7) is 6.80. The van der Waals surface area contributed by atoms with Crippen LogP contribution >= 0.6 is 0 Å². The van der Waals surface area contributed by atoms with Crippen molar-refractivity contribution in [3.05, 3.63) is 40.5 Å². The van der Waals surface area contributed by atoms with Gasteiger partial charge in [-0.1, -0.05) is 38.5 Å². The van der Waals surface area contributed by atoms with Crippen molar-refractivity contribution in [3.63, 3.8) is 0 Å². The lowest BCUT2D eigenvalue weighted by Gasteiger charge is -2.21. The molecule has 0 unspecified atom stereocenters. The van der Waals surface area contributed by atoms with E-state index in [4.69, 9.17) is 4.74 Å². The van der Waals surface area contributed by atoms with E-state index in [0.29, 0.717) is 156 Å². The maximum Gasteiger partial charge on any atom is 0.309 e. The summed E-state index contributed by atoms with van der Waals surface area (Å²) in [5.74, 6) is -3.38. The summed E-state index contributed by atoms with van der Waals surface area (Å²) in [6.07, 6.45) is 13.2. The van der Waals surface area contributed by atoms with E-state index in [1.54, 1.807) is 45.9 Å². The largest absolute Gasteiger partial charge is 0.508 e. The van der Waals surface area contributed by atoms with Gasteiger partial charge in [0.05, 0.1) is 21.7 Å². The third-order valence-electron chi connectivity index (χ3n) is 12.8. The van der Waals surface area contributed by atoms with Gasteiger partial charge < -0.3 is 40.5 Å². The Labute approximate surface area is 342 Å². The number of phenols is 3. The molecule has 0 bridgehead atoms. The Morgan fingerprint density at radius 3 is 1.22 bits per heavy atom. The zero-order valence-electron chi connectivity index (χ0n) is 35.0. The molecule has 2 aliphatic carbocycles. The van der Waals surface area contributed by atoms with Crippen LogP contribution in [-0.2, 0) is 44.9 Å². The molecule has 0 atom stereocenters. The molecule has 2 aromatic carbocycles. The van der Waals surface area contributed by atoms with Gasteiger partial charge in [0, 0.05) is 0 Å². The van der Waals surface area contributed by atoms with Crippen molar-refractivity contribution in [2.75, 3.05) is 0 Å². The highest BCUT2D eigenvalue weighted by Gasteiger charge is 2.50. The first-order chi connectivity index (χ1) is 27.2. The van der Waals surface area contributed by atoms with E-state index in [0.717, 1.165) is 12.8 Å². The van der Waals surface area contributed by atoms with Crippen LogP contribution in [0.3, 0.4) is 0 Å². The highest BCUT2D eigenvalue weighted by Crippen LogP contribution is 2.52. The second kappa shape index (κ2) is 19.5. The molecule has 58 heavy (non-hydrogen) atoms. The number of unbranched alkanes of at least 4 members (excludes halogenated alkanes) is 6. The number of rotatable bonds is 28. The first-order valence-corrected chi connectivity index (χ1v) is 21.3. The molecule has 4 rings (SSSR count). The zero-order chi connectivity index (χ0) is 42.9. The highest BCUT2D eigenvalue weighted by molar-refractivity contribution is 5.78. The van der Waals surface area contributed by atoms with Crippen molar-refractivity contribution in [1.29, 1.82) is 0 Å². The molecule has 0 radical (unpaired) electrons. The fourth-order valence-corrected chi connectivity index (χ4v) is 7.90. The van der Waals surface area contributed by atoms with Crippen molar-refractivity contribution in [3.8, 4) is 28.7 Å². The Balaban J connectivity index is 1.61. The minimum Gasteiger partial charge on any atom is -0.508 e. The fraction of sp³-hybridized carbons (Fsp3) is 0.652. The molecule has 0 saturated heterocycles. The van der Waals surface area contributed by atoms with E-state index in [1.807, 2.05) is 0 Å². The number of aryl methyl sites for hydroxylation is 4. The maximum atomic E-state index is 11.8. The summed E-state index contributed by atoms with van der Waals surface area (Å²) < 4.78 is 6.60. The lowest BCUT2D eigenvalue weighted by molar-refractivity contribution is -0.148. The number of carboxylic acids is 4. The summed E-state index contributed by atoms with van der Waals surface area (Å²) in [7, 11) is 0. The number of ether oxygens (including phenoxy) is 1. The van der Waals surface area contributed by atoms with Crippen LogP contribution in [0, 0.1) is 21.7 Å². The van der Waals surface area contributed by atoms with Gasteiger partial charge in [0.25, 0.3) is 0 Å². The summed E-state index contributed by atoms with van der Waals surface area (Å²) >= 11 is 0. The molecular formula is C46H66O12. The Hall–Kier alpha value is -4.48. The van der Waals surface area contributed by atoms with Gasteiger partial charge in [-0.2, -0.15) is 0 Å². The van der Waals surface area contributed by atoms with Crippen LogP contribution < -0.4 is 4.74 Å². The second-order valence-corrected chi connectivity index (χ2v) is 18.5. The number of aliphatic carboxylic acids is 4. The predicted octanol–water partition coefficient (Wildman–Crippen LogP) is 10.2. The van der Waals surface area contributed by atoms with Gasteiger partial charge in [-0.3, -0.25) is 19.2 Å². The summed E-state index contributed by atoms with van der Waals surface area (Å²) in [5, 5.41) is 72.8. The Bertz CT molecular complexity index is 1780. The molecule has 322 valence electrons. The first-order valence-electron chi connectivity index (χ1n) is 21.3. The normalized spacial score (nSPS) is 15.5. The minimum absolute atomic E-state index is 0.0253. The SMILES string of the molecule is CC(C)(CCCCCc1cc(CCCCC2(C(=O)O)CC2)c(O)c(Oc2c(CCCCCC(C)(C)C(=O)O)cc(O)cc2CCCCC2(C(=O)O)CC2)c1O)C(=O)O. The van der Waals surface area contributed by atoms with E-state index in [-0.39, 0.29) is 23.0 Å². The minimum atomic E-state index is -0.854. The van der Waals surface area contributed by atoms with Crippen LogP contribution in [0.4, 0.5) is 0 Å². The standard InChI is InChI=1S/C46H66O12/c1-43(2,39(50)51)19-11-5-7-15-30-27-31(16-9-13-21-45(23-24-45)41(54)55)36(49)38(35(30)48)58-37-32(17-8-6-12-20-44(3,4)40(52)53)28-34(47)29-33(37)18-10-14-22-46(25-26-46)42(56)57/h27-29,47-49H,5-26H2,1-4H3,(H,50,51)(H,52,53)(H,54,55)(H,56,57). The summed E-state index contributed by atoms with van der Waals surface area (Å²) in [6, 6.07) is 4.99. The van der Waals surface area contributed by atoms with Crippen molar-refractivity contribution in [1.82, 2.24) is 0 Å². The van der Waals surface area contributed by atoms with E-state index < -0.39 is 45.5 Å². The third-order valence-corrected chi connectivity index (χ3v) is 12.8. The van der Waals surface area contributed by atoms with Gasteiger partial charge in [-0.05, 0) is 171 Å². The lowest BCUT2D eigenvalue weighted by atomic mass is 9.87. The van der Waals surface area contributed by atoms with Crippen LogP contribution in [0.1, 0.15) is 166 Å². The van der Waals surface area contributed by atoms with E-state index in [1.165, 1.54) is 0 Å². The Kier molecular flexibility index (Phi) is 15.5. The first kappa shape index (κ1) is 46.2. The van der Waals surface area contributed by atoms with Gasteiger partial charge in [-0.15, -0.1) is 0 Å². The molecule has 7 N–H and O–H groups in total. The van der Waals surface area contributed by atoms with Crippen molar-refractivity contribution in [2.24, 2.45) is 21.7 Å². The molecule has 2 saturated carbocycles. The van der Waals surface area contributed by atoms with Crippen LogP contribution in [-0.4, -0.2) is 59.6 Å². The molecule has 0 spiro atoms. The number of hydrogen-bond donors (Lipinski definition) is 7. The molecule has 12 heteroatoms. The maximum absolute atomic E-state index is 11.8. The number of carboxylic acid groups (broad SMARTS) is 4. The molecule has 2 aliphatic rings. The van der Waals surface area contributed by atoms with E-state index >= 15 is 0 Å². The number of aromatic hydroxyl groups is 3. The number of carbonyl (C=O) groups is 4. The topological polar surface area (TPSA) is 219 Å². The van der Waals surface area contributed by atoms with Gasteiger partial charge >= 0.3 is 23.9 Å². The third kappa shape index (κ3) is 12.3. The quantitative estimate of drug-likeness (QED) is 0.0399. The van der Waals surface area contributed by atoms with Crippen LogP contribution in [0.5, 0.6) is 28.7 Å². The zero-order valence-corrected chi connectivity index (χ0v) is 35.0. The van der Waals surface area contributed by atoms with Crippen LogP contribution in [0.2, 0.25) is 0 Å². The summed E-state index contributed by atoms with van der Waals surface area (Å²) in [5.41, 5.74) is -0.586. The monoisotopic (exact) mass is 810 g/mol. The molecule has 0 amide bonds. The molecule has 2 aromatic rings. The average Bonchev–Trinajstić information content (AvgIpc) is 4.08. The Morgan fingerprint density at radius 1 is 0.517 bits per heavy atom. The smallest absolute Gasteiger partial charge is 0.309 e. The van der Waals surface area contributed by atoms with Crippen LogP contribution in [0.15, 0.2) is 18.2 Å². The second-order valence-electron chi connectivity index (χ2n) is 18.5. The molecular weight excluding hydrogens is 744 g/mol. The van der Waals surface area contributed by atoms with Crippen LogP contribution in [0.25, 0.3) is 0 Å².